The maximum absolute atomic E-state index is 10.8. The van der Waals surface area contributed by atoms with Crippen LogP contribution in [0.4, 0.5) is 0 Å². The van der Waals surface area contributed by atoms with Gasteiger partial charge in [-0.3, -0.25) is 0 Å². The highest BCUT2D eigenvalue weighted by Gasteiger charge is 2.48. The van der Waals surface area contributed by atoms with Crippen molar-refractivity contribution < 1.29 is 13.6 Å². The first kappa shape index (κ1) is 12.4. The molecule has 0 saturated heterocycles. The summed E-state index contributed by atoms with van der Waals surface area (Å²) in [5.74, 6) is 1.70. The summed E-state index contributed by atoms with van der Waals surface area (Å²) in [6, 6.07) is 4.03. The van der Waals surface area contributed by atoms with Crippen molar-refractivity contribution in [1.82, 2.24) is 0 Å². The minimum atomic E-state index is -0.480. The summed E-state index contributed by atoms with van der Waals surface area (Å²) in [6.07, 6.45) is 3.42. The third kappa shape index (κ3) is 1.57. The maximum atomic E-state index is 10.8. The predicted molar refractivity (Wildman–Crippen MR) is 79.2 cm³/mol. The van der Waals surface area contributed by atoms with Crippen LogP contribution in [0.5, 0.6) is 0 Å². The largest absolute Gasteiger partial charge is 0.461 e. The van der Waals surface area contributed by atoms with E-state index in [2.05, 4.69) is 4.99 Å². The number of nitrogens with zero attached hydrogens (tertiary/aromatic N) is 1. The number of isocyanates is 1. The number of furan rings is 2. The molecule has 4 rings (SSSR count). The van der Waals surface area contributed by atoms with Crippen molar-refractivity contribution in [3.05, 3.63) is 34.8 Å². The van der Waals surface area contributed by atoms with Crippen molar-refractivity contribution in [2.24, 2.45) is 4.99 Å². The summed E-state index contributed by atoms with van der Waals surface area (Å²) in [6.45, 7) is 5.90. The van der Waals surface area contributed by atoms with Crippen molar-refractivity contribution in [2.75, 3.05) is 0 Å². The summed E-state index contributed by atoms with van der Waals surface area (Å²) >= 11 is 0. The second kappa shape index (κ2) is 3.86. The number of aryl methyl sites for hydroxylation is 3. The lowest BCUT2D eigenvalue weighted by Gasteiger charge is -2.11. The van der Waals surface area contributed by atoms with Crippen LogP contribution in [0.2, 0.25) is 0 Å². The molecule has 4 nitrogen and oxygen atoms in total. The SMILES string of the molecule is Cc1cc2c(C3(N=C=O)CC3)c3oc(C)cc3c(C)c2o1. The molecule has 2 aromatic heterocycles. The number of rotatable bonds is 2. The molecule has 0 radical (unpaired) electrons. The van der Waals surface area contributed by atoms with Crippen LogP contribution < -0.4 is 0 Å². The van der Waals surface area contributed by atoms with Gasteiger partial charge in [-0.05, 0) is 45.7 Å². The molecule has 3 aromatic rings. The van der Waals surface area contributed by atoms with Gasteiger partial charge >= 0.3 is 0 Å². The van der Waals surface area contributed by atoms with Crippen molar-refractivity contribution in [1.29, 1.82) is 0 Å². The third-order valence-corrected chi connectivity index (χ3v) is 4.40. The fourth-order valence-corrected chi connectivity index (χ4v) is 3.29. The average Bonchev–Trinajstić information content (AvgIpc) is 2.92. The molecule has 106 valence electrons. The van der Waals surface area contributed by atoms with E-state index in [4.69, 9.17) is 8.83 Å². The van der Waals surface area contributed by atoms with Crippen LogP contribution in [0, 0.1) is 20.8 Å². The molecule has 0 amide bonds. The van der Waals surface area contributed by atoms with Gasteiger partial charge in [0.1, 0.15) is 28.2 Å². The summed E-state index contributed by atoms with van der Waals surface area (Å²) in [4.78, 5) is 14.9. The molecule has 0 unspecified atom stereocenters. The van der Waals surface area contributed by atoms with Gasteiger partial charge in [-0.25, -0.2) is 4.79 Å². The second-order valence-electron chi connectivity index (χ2n) is 5.93. The van der Waals surface area contributed by atoms with Crippen molar-refractivity contribution in [2.45, 2.75) is 39.2 Å². The molecule has 21 heavy (non-hydrogen) atoms. The first-order chi connectivity index (χ1) is 10.1. The van der Waals surface area contributed by atoms with Gasteiger partial charge in [0.2, 0.25) is 6.08 Å². The smallest absolute Gasteiger partial charge is 0.235 e. The van der Waals surface area contributed by atoms with Crippen LogP contribution in [0.1, 0.15) is 35.5 Å². The summed E-state index contributed by atoms with van der Waals surface area (Å²) in [7, 11) is 0. The normalized spacial score (nSPS) is 16.3. The zero-order chi connectivity index (χ0) is 14.8. The van der Waals surface area contributed by atoms with E-state index >= 15 is 0 Å². The Hall–Kier alpha value is -2.32. The predicted octanol–water partition coefficient (Wildman–Crippen LogP) is 4.43. The number of fused-ring (bicyclic) bond motifs is 2. The molecule has 4 heteroatoms. The first-order valence-electron chi connectivity index (χ1n) is 7.08. The molecule has 1 saturated carbocycles. The molecule has 2 heterocycles. The van der Waals surface area contributed by atoms with E-state index in [-0.39, 0.29) is 0 Å². The van der Waals surface area contributed by atoms with Gasteiger partial charge in [0.05, 0.1) is 0 Å². The summed E-state index contributed by atoms with van der Waals surface area (Å²) in [5.41, 5.74) is 3.26. The minimum Gasteiger partial charge on any atom is -0.461 e. The summed E-state index contributed by atoms with van der Waals surface area (Å²) in [5, 5.41) is 2.04. The minimum absolute atomic E-state index is 0.480. The highest BCUT2D eigenvalue weighted by Crippen LogP contribution is 2.54. The molecular weight excluding hydrogens is 266 g/mol. The fourth-order valence-electron chi connectivity index (χ4n) is 3.29. The van der Waals surface area contributed by atoms with E-state index in [1.165, 1.54) is 0 Å². The lowest BCUT2D eigenvalue weighted by atomic mass is 9.95. The Balaban J connectivity index is 2.24. The molecule has 0 atom stereocenters. The van der Waals surface area contributed by atoms with Crippen LogP contribution >= 0.6 is 0 Å². The second-order valence-corrected chi connectivity index (χ2v) is 5.93. The van der Waals surface area contributed by atoms with Crippen LogP contribution in [-0.4, -0.2) is 6.08 Å². The van der Waals surface area contributed by atoms with Gasteiger partial charge in [-0.1, -0.05) is 0 Å². The van der Waals surface area contributed by atoms with E-state index in [1.807, 2.05) is 32.9 Å². The number of hydrogen-bond acceptors (Lipinski definition) is 4. The van der Waals surface area contributed by atoms with Crippen molar-refractivity contribution in [3.8, 4) is 0 Å². The Morgan fingerprint density at radius 3 is 2.29 bits per heavy atom. The van der Waals surface area contributed by atoms with Gasteiger partial charge in [0.25, 0.3) is 0 Å². The summed E-state index contributed by atoms with van der Waals surface area (Å²) < 4.78 is 11.8. The van der Waals surface area contributed by atoms with E-state index < -0.39 is 5.54 Å². The molecule has 1 aliphatic carbocycles. The van der Waals surface area contributed by atoms with E-state index in [0.717, 1.165) is 57.4 Å². The lowest BCUT2D eigenvalue weighted by Crippen LogP contribution is -2.04. The average molecular weight is 281 g/mol. The zero-order valence-electron chi connectivity index (χ0n) is 12.2. The van der Waals surface area contributed by atoms with Gasteiger partial charge in [0.15, 0.2) is 0 Å². The molecule has 1 fully saturated rings. The standard InChI is InChI=1S/C17H15NO3/c1-9-6-12-11(3)15-13(7-10(2)20-15)14(16(12)21-9)17(4-5-17)18-8-19/h6-7H,4-5H2,1-3H3. The zero-order valence-corrected chi connectivity index (χ0v) is 12.2. The Morgan fingerprint density at radius 2 is 1.67 bits per heavy atom. The van der Waals surface area contributed by atoms with Crippen molar-refractivity contribution in [3.63, 3.8) is 0 Å². The molecule has 1 aromatic carbocycles. The van der Waals surface area contributed by atoms with Gasteiger partial charge in [-0.15, -0.1) is 0 Å². The van der Waals surface area contributed by atoms with E-state index in [9.17, 15) is 4.79 Å². The Bertz CT molecular complexity index is 876. The van der Waals surface area contributed by atoms with Gasteiger partial charge in [-0.2, -0.15) is 4.99 Å². The molecule has 0 N–H and O–H groups in total. The van der Waals surface area contributed by atoms with Gasteiger partial charge in [0, 0.05) is 21.9 Å². The Morgan fingerprint density at radius 1 is 1.05 bits per heavy atom. The van der Waals surface area contributed by atoms with Crippen LogP contribution in [0.3, 0.4) is 0 Å². The fraction of sp³-hybridized carbons (Fsp3) is 0.353. The number of benzene rings is 1. The van der Waals surface area contributed by atoms with E-state index in [1.54, 1.807) is 6.08 Å². The van der Waals surface area contributed by atoms with E-state index in [0.29, 0.717) is 0 Å². The molecule has 0 aliphatic heterocycles. The monoisotopic (exact) mass is 281 g/mol. The molecule has 0 bridgehead atoms. The lowest BCUT2D eigenvalue weighted by molar-refractivity contribution is 0.551. The van der Waals surface area contributed by atoms with Gasteiger partial charge < -0.3 is 8.83 Å². The maximum Gasteiger partial charge on any atom is 0.235 e. The molecule has 0 spiro atoms. The molecular formula is C17H15NO3. The van der Waals surface area contributed by atoms with Crippen LogP contribution in [0.25, 0.3) is 21.9 Å². The van der Waals surface area contributed by atoms with Crippen molar-refractivity contribution >= 4 is 28.0 Å². The number of hydrogen-bond donors (Lipinski definition) is 0. The van der Waals surface area contributed by atoms with Crippen LogP contribution in [0.15, 0.2) is 26.0 Å². The quantitative estimate of drug-likeness (QED) is 0.515. The molecule has 1 aliphatic rings. The topological polar surface area (TPSA) is 55.7 Å². The third-order valence-electron chi connectivity index (χ3n) is 4.40. The van der Waals surface area contributed by atoms with Crippen LogP contribution in [-0.2, 0) is 10.3 Å². The Kier molecular flexibility index (Phi) is 2.29. The first-order valence-corrected chi connectivity index (χ1v) is 7.08. The highest BCUT2D eigenvalue weighted by molar-refractivity contribution is 6.03. The Labute approximate surface area is 121 Å². The number of carbonyl (C=O) groups excluding carboxylic acids is 1. The number of aliphatic imine (C=N–C) groups is 1. The highest BCUT2D eigenvalue weighted by atomic mass is 16.3.